The number of halogens is 1. The van der Waals surface area contributed by atoms with Crippen LogP contribution in [0.4, 0.5) is 0 Å². The SMILES string of the molecule is CSC1(CNC(=O)c2ccccc2I)CCCC1. The van der Waals surface area contributed by atoms with E-state index in [0.29, 0.717) is 0 Å². The quantitative estimate of drug-likeness (QED) is 0.814. The maximum absolute atomic E-state index is 12.2. The van der Waals surface area contributed by atoms with Crippen LogP contribution in [0, 0.1) is 3.57 Å². The van der Waals surface area contributed by atoms with Gasteiger partial charge < -0.3 is 5.32 Å². The van der Waals surface area contributed by atoms with Crippen LogP contribution in [0.1, 0.15) is 36.0 Å². The van der Waals surface area contributed by atoms with Crippen molar-refractivity contribution in [3.63, 3.8) is 0 Å². The van der Waals surface area contributed by atoms with Gasteiger partial charge in [0.1, 0.15) is 0 Å². The van der Waals surface area contributed by atoms with Crippen LogP contribution in [-0.4, -0.2) is 23.5 Å². The van der Waals surface area contributed by atoms with Crippen molar-refractivity contribution < 1.29 is 4.79 Å². The normalized spacial score (nSPS) is 17.7. The van der Waals surface area contributed by atoms with Crippen molar-refractivity contribution in [3.05, 3.63) is 33.4 Å². The number of hydrogen-bond donors (Lipinski definition) is 1. The first kappa shape index (κ1) is 14.2. The molecule has 4 heteroatoms. The Morgan fingerprint density at radius 3 is 2.67 bits per heavy atom. The van der Waals surface area contributed by atoms with Crippen LogP contribution >= 0.6 is 34.4 Å². The Morgan fingerprint density at radius 1 is 1.39 bits per heavy atom. The average Bonchev–Trinajstić information content (AvgIpc) is 2.86. The molecule has 1 amide bonds. The summed E-state index contributed by atoms with van der Waals surface area (Å²) in [5.74, 6) is 0.0559. The van der Waals surface area contributed by atoms with Crippen molar-refractivity contribution in [2.75, 3.05) is 12.8 Å². The summed E-state index contributed by atoms with van der Waals surface area (Å²) in [6.07, 6.45) is 7.18. The molecule has 98 valence electrons. The molecule has 0 bridgehead atoms. The lowest BCUT2D eigenvalue weighted by Crippen LogP contribution is -2.38. The van der Waals surface area contributed by atoms with Crippen LogP contribution in [0.2, 0.25) is 0 Å². The predicted molar refractivity (Wildman–Crippen MR) is 86.2 cm³/mol. The summed E-state index contributed by atoms with van der Waals surface area (Å²) in [5, 5.41) is 3.11. The average molecular weight is 375 g/mol. The molecule has 1 N–H and O–H groups in total. The number of carbonyl (C=O) groups excluding carboxylic acids is 1. The minimum absolute atomic E-state index is 0.0559. The van der Waals surface area contributed by atoms with E-state index in [1.807, 2.05) is 36.0 Å². The Morgan fingerprint density at radius 2 is 2.06 bits per heavy atom. The van der Waals surface area contributed by atoms with Crippen LogP contribution in [0.3, 0.4) is 0 Å². The third-order valence-electron chi connectivity index (χ3n) is 3.64. The lowest BCUT2D eigenvalue weighted by Gasteiger charge is -2.27. The van der Waals surface area contributed by atoms with Gasteiger partial charge in [0.2, 0.25) is 0 Å². The second-order valence-corrected chi connectivity index (χ2v) is 7.19. The zero-order chi connectivity index (χ0) is 13.0. The second kappa shape index (κ2) is 6.28. The summed E-state index contributed by atoms with van der Waals surface area (Å²) in [6.45, 7) is 0.790. The van der Waals surface area contributed by atoms with E-state index >= 15 is 0 Å². The highest BCUT2D eigenvalue weighted by Crippen LogP contribution is 2.39. The smallest absolute Gasteiger partial charge is 0.252 e. The highest BCUT2D eigenvalue weighted by Gasteiger charge is 2.33. The largest absolute Gasteiger partial charge is 0.351 e. The zero-order valence-corrected chi connectivity index (χ0v) is 13.5. The molecule has 2 nitrogen and oxygen atoms in total. The number of carbonyl (C=O) groups is 1. The van der Waals surface area contributed by atoms with Gasteiger partial charge in [0.05, 0.1) is 5.56 Å². The van der Waals surface area contributed by atoms with E-state index in [0.717, 1.165) is 15.7 Å². The molecule has 1 saturated carbocycles. The summed E-state index contributed by atoms with van der Waals surface area (Å²) in [7, 11) is 0. The lowest BCUT2D eigenvalue weighted by atomic mass is 10.1. The summed E-state index contributed by atoms with van der Waals surface area (Å²) < 4.78 is 1.29. The zero-order valence-electron chi connectivity index (χ0n) is 10.5. The third-order valence-corrected chi connectivity index (χ3v) is 6.00. The highest BCUT2D eigenvalue weighted by atomic mass is 127. The molecule has 1 aliphatic carbocycles. The standard InChI is InChI=1S/C14H18INOS/c1-18-14(8-4-5-9-14)10-16-13(17)11-6-2-3-7-12(11)15/h2-3,6-7H,4-5,8-10H2,1H3,(H,16,17). The Kier molecular flexibility index (Phi) is 4.95. The van der Waals surface area contributed by atoms with Crippen molar-refractivity contribution in [3.8, 4) is 0 Å². The maximum Gasteiger partial charge on any atom is 0.252 e. The molecular weight excluding hydrogens is 357 g/mol. The van der Waals surface area contributed by atoms with Crippen molar-refractivity contribution in [2.24, 2.45) is 0 Å². The van der Waals surface area contributed by atoms with Crippen molar-refractivity contribution >= 4 is 40.3 Å². The fourth-order valence-corrected chi connectivity index (χ4v) is 4.00. The molecule has 0 aromatic heterocycles. The third kappa shape index (κ3) is 3.20. The monoisotopic (exact) mass is 375 g/mol. The van der Waals surface area contributed by atoms with Crippen LogP contribution in [-0.2, 0) is 0 Å². The topological polar surface area (TPSA) is 29.1 Å². The molecule has 0 radical (unpaired) electrons. The van der Waals surface area contributed by atoms with E-state index < -0.39 is 0 Å². The molecule has 18 heavy (non-hydrogen) atoms. The van der Waals surface area contributed by atoms with Crippen molar-refractivity contribution in [1.82, 2.24) is 5.32 Å². The van der Waals surface area contributed by atoms with Gasteiger partial charge in [-0.05, 0) is 53.8 Å². The minimum atomic E-state index is 0.0559. The predicted octanol–water partition coefficient (Wildman–Crippen LogP) is 3.70. The number of benzene rings is 1. The van der Waals surface area contributed by atoms with Gasteiger partial charge >= 0.3 is 0 Å². The summed E-state index contributed by atoms with van der Waals surface area (Å²) in [5.41, 5.74) is 0.785. The summed E-state index contributed by atoms with van der Waals surface area (Å²) in [4.78, 5) is 12.2. The van der Waals surface area contributed by atoms with E-state index in [1.165, 1.54) is 25.7 Å². The lowest BCUT2D eigenvalue weighted by molar-refractivity contribution is 0.0948. The van der Waals surface area contributed by atoms with E-state index in [-0.39, 0.29) is 10.7 Å². The Bertz CT molecular complexity index is 430. The van der Waals surface area contributed by atoms with Gasteiger partial charge in [-0.15, -0.1) is 0 Å². The number of rotatable bonds is 4. The fraction of sp³-hybridized carbons (Fsp3) is 0.500. The van der Waals surface area contributed by atoms with Crippen LogP contribution < -0.4 is 5.32 Å². The molecule has 1 fully saturated rings. The van der Waals surface area contributed by atoms with E-state index in [4.69, 9.17) is 0 Å². The Labute approximate surface area is 126 Å². The number of nitrogens with one attached hydrogen (secondary N) is 1. The summed E-state index contributed by atoms with van der Waals surface area (Å²) >= 11 is 4.12. The molecular formula is C14H18INOS. The second-order valence-electron chi connectivity index (χ2n) is 4.76. The minimum Gasteiger partial charge on any atom is -0.351 e. The molecule has 0 atom stereocenters. The molecule has 1 aromatic rings. The molecule has 2 rings (SSSR count). The Balaban J connectivity index is 1.98. The fourth-order valence-electron chi connectivity index (χ4n) is 2.45. The summed E-state index contributed by atoms with van der Waals surface area (Å²) in [6, 6.07) is 7.72. The number of amides is 1. The molecule has 1 aliphatic rings. The van der Waals surface area contributed by atoms with Gasteiger partial charge in [0, 0.05) is 14.9 Å². The van der Waals surface area contributed by atoms with Gasteiger partial charge in [-0.1, -0.05) is 25.0 Å². The van der Waals surface area contributed by atoms with Crippen LogP contribution in [0.15, 0.2) is 24.3 Å². The maximum atomic E-state index is 12.2. The van der Waals surface area contributed by atoms with Gasteiger partial charge in [-0.3, -0.25) is 4.79 Å². The van der Waals surface area contributed by atoms with Gasteiger partial charge in [-0.25, -0.2) is 0 Å². The van der Waals surface area contributed by atoms with Crippen molar-refractivity contribution in [2.45, 2.75) is 30.4 Å². The van der Waals surface area contributed by atoms with Crippen LogP contribution in [0.25, 0.3) is 0 Å². The van der Waals surface area contributed by atoms with Gasteiger partial charge in [0.25, 0.3) is 5.91 Å². The van der Waals surface area contributed by atoms with Gasteiger partial charge in [0.15, 0.2) is 0 Å². The molecule has 0 heterocycles. The van der Waals surface area contributed by atoms with E-state index in [9.17, 15) is 4.79 Å². The number of thioether (sulfide) groups is 1. The number of hydrogen-bond acceptors (Lipinski definition) is 2. The first-order chi connectivity index (χ1) is 8.67. The Hall–Kier alpha value is -0.230. The highest BCUT2D eigenvalue weighted by molar-refractivity contribution is 14.1. The molecule has 1 aromatic carbocycles. The molecule has 0 unspecified atom stereocenters. The first-order valence-electron chi connectivity index (χ1n) is 6.25. The van der Waals surface area contributed by atoms with Crippen LogP contribution in [0.5, 0.6) is 0 Å². The van der Waals surface area contributed by atoms with Crippen molar-refractivity contribution in [1.29, 1.82) is 0 Å². The molecule has 0 spiro atoms. The van der Waals surface area contributed by atoms with E-state index in [2.05, 4.69) is 34.2 Å². The van der Waals surface area contributed by atoms with Gasteiger partial charge in [-0.2, -0.15) is 11.8 Å². The molecule has 0 aliphatic heterocycles. The first-order valence-corrected chi connectivity index (χ1v) is 8.55. The van der Waals surface area contributed by atoms with E-state index in [1.54, 1.807) is 0 Å². The molecule has 0 saturated heterocycles.